The molecule has 2 fully saturated rings. The SMILES string of the molecule is COc1cccc(C(=O)N2C(C(=O)O)CC3CCCCC32)c1F. The lowest BCUT2D eigenvalue weighted by atomic mass is 9.84. The van der Waals surface area contributed by atoms with Crippen LogP contribution in [-0.4, -0.2) is 41.1 Å². The first kappa shape index (κ1) is 15.8. The number of halogens is 1. The van der Waals surface area contributed by atoms with E-state index in [1.54, 1.807) is 6.07 Å². The maximum Gasteiger partial charge on any atom is 0.326 e. The lowest BCUT2D eigenvalue weighted by molar-refractivity contribution is -0.141. The average molecular weight is 321 g/mol. The molecule has 3 atom stereocenters. The van der Waals surface area contributed by atoms with Crippen molar-refractivity contribution >= 4 is 11.9 Å². The topological polar surface area (TPSA) is 66.8 Å². The van der Waals surface area contributed by atoms with Gasteiger partial charge >= 0.3 is 5.97 Å². The smallest absolute Gasteiger partial charge is 0.326 e. The Kier molecular flexibility index (Phi) is 4.24. The Labute approximate surface area is 134 Å². The molecule has 1 aliphatic carbocycles. The zero-order valence-corrected chi connectivity index (χ0v) is 13.0. The highest BCUT2D eigenvalue weighted by atomic mass is 19.1. The van der Waals surface area contributed by atoms with Crippen LogP contribution >= 0.6 is 0 Å². The van der Waals surface area contributed by atoms with Crippen molar-refractivity contribution in [3.63, 3.8) is 0 Å². The number of likely N-dealkylation sites (tertiary alicyclic amines) is 1. The van der Waals surface area contributed by atoms with Gasteiger partial charge in [-0.2, -0.15) is 0 Å². The predicted molar refractivity (Wildman–Crippen MR) is 80.9 cm³/mol. The molecule has 1 heterocycles. The molecule has 6 heteroatoms. The average Bonchev–Trinajstić information content (AvgIpc) is 2.94. The first-order valence-electron chi connectivity index (χ1n) is 7.92. The molecule has 1 aromatic carbocycles. The Hall–Kier alpha value is -2.11. The molecule has 0 spiro atoms. The van der Waals surface area contributed by atoms with Gasteiger partial charge in [0, 0.05) is 6.04 Å². The van der Waals surface area contributed by atoms with Crippen LogP contribution in [0.4, 0.5) is 4.39 Å². The van der Waals surface area contributed by atoms with Gasteiger partial charge in [-0.05, 0) is 37.3 Å². The molecule has 23 heavy (non-hydrogen) atoms. The fraction of sp³-hybridized carbons (Fsp3) is 0.529. The first-order chi connectivity index (χ1) is 11.0. The van der Waals surface area contributed by atoms with Crippen molar-refractivity contribution in [2.75, 3.05) is 7.11 Å². The zero-order chi connectivity index (χ0) is 16.6. The largest absolute Gasteiger partial charge is 0.494 e. The maximum atomic E-state index is 14.4. The van der Waals surface area contributed by atoms with Crippen LogP contribution < -0.4 is 4.74 Å². The van der Waals surface area contributed by atoms with Crippen LogP contribution in [0.5, 0.6) is 5.75 Å². The summed E-state index contributed by atoms with van der Waals surface area (Å²) >= 11 is 0. The molecule has 3 rings (SSSR count). The number of hydrogen-bond donors (Lipinski definition) is 1. The molecule has 1 saturated heterocycles. The second kappa shape index (κ2) is 6.18. The summed E-state index contributed by atoms with van der Waals surface area (Å²) in [6.45, 7) is 0. The standard InChI is InChI=1S/C17H20FNO4/c1-23-14-8-4-6-11(15(14)18)16(20)19-12-7-3-2-5-10(12)9-13(19)17(21)22/h4,6,8,10,12-13H,2-3,5,7,9H2,1H3,(H,21,22). The Bertz CT molecular complexity index is 633. The number of carbonyl (C=O) groups excluding carboxylic acids is 1. The van der Waals surface area contributed by atoms with Gasteiger partial charge in [0.2, 0.25) is 0 Å². The zero-order valence-electron chi connectivity index (χ0n) is 13.0. The summed E-state index contributed by atoms with van der Waals surface area (Å²) in [5, 5.41) is 9.48. The normalized spacial score (nSPS) is 26.7. The van der Waals surface area contributed by atoms with Gasteiger partial charge in [-0.3, -0.25) is 4.79 Å². The van der Waals surface area contributed by atoms with Gasteiger partial charge in [-0.25, -0.2) is 9.18 Å². The van der Waals surface area contributed by atoms with Gasteiger partial charge in [-0.15, -0.1) is 0 Å². The van der Waals surface area contributed by atoms with Gasteiger partial charge in [0.05, 0.1) is 12.7 Å². The number of methoxy groups -OCH3 is 1. The quantitative estimate of drug-likeness (QED) is 0.929. The predicted octanol–water partition coefficient (Wildman–Crippen LogP) is 2.69. The Morgan fingerprint density at radius 3 is 2.74 bits per heavy atom. The third-order valence-corrected chi connectivity index (χ3v) is 5.02. The Morgan fingerprint density at radius 2 is 2.04 bits per heavy atom. The third kappa shape index (κ3) is 2.66. The number of benzene rings is 1. The number of carboxylic acid groups (broad SMARTS) is 1. The molecule has 124 valence electrons. The molecular formula is C17H20FNO4. The number of nitrogens with zero attached hydrogens (tertiary/aromatic N) is 1. The number of carbonyl (C=O) groups is 2. The monoisotopic (exact) mass is 321 g/mol. The highest BCUT2D eigenvalue weighted by Crippen LogP contribution is 2.41. The molecule has 0 bridgehead atoms. The van der Waals surface area contributed by atoms with Crippen LogP contribution in [0.1, 0.15) is 42.5 Å². The fourth-order valence-electron chi connectivity index (χ4n) is 3.95. The summed E-state index contributed by atoms with van der Waals surface area (Å²) in [4.78, 5) is 25.9. The van der Waals surface area contributed by atoms with Crippen molar-refractivity contribution in [3.8, 4) is 5.75 Å². The molecule has 2 aliphatic rings. The molecule has 1 N–H and O–H groups in total. The van der Waals surface area contributed by atoms with Crippen LogP contribution in [0.15, 0.2) is 18.2 Å². The number of amides is 1. The number of hydrogen-bond acceptors (Lipinski definition) is 3. The van der Waals surface area contributed by atoms with E-state index in [1.807, 2.05) is 0 Å². The number of aliphatic carboxylic acids is 1. The summed E-state index contributed by atoms with van der Waals surface area (Å²) in [6.07, 6.45) is 4.20. The molecule has 3 unspecified atom stereocenters. The Morgan fingerprint density at radius 1 is 1.30 bits per heavy atom. The van der Waals surface area contributed by atoms with E-state index < -0.39 is 23.7 Å². The lowest BCUT2D eigenvalue weighted by Gasteiger charge is -2.33. The minimum absolute atomic E-state index is 0.0119. The van der Waals surface area contributed by atoms with Gasteiger partial charge in [0.15, 0.2) is 11.6 Å². The molecule has 5 nitrogen and oxygen atoms in total. The second-order valence-corrected chi connectivity index (χ2v) is 6.24. The van der Waals surface area contributed by atoms with Gasteiger partial charge in [-0.1, -0.05) is 18.9 Å². The molecule has 0 radical (unpaired) electrons. The van der Waals surface area contributed by atoms with Crippen LogP contribution in [0.2, 0.25) is 0 Å². The number of fused-ring (bicyclic) bond motifs is 1. The van der Waals surface area contributed by atoms with E-state index >= 15 is 0 Å². The van der Waals surface area contributed by atoms with Crippen molar-refractivity contribution in [1.82, 2.24) is 4.90 Å². The van der Waals surface area contributed by atoms with E-state index in [4.69, 9.17) is 4.74 Å². The molecule has 1 saturated carbocycles. The molecule has 1 amide bonds. The van der Waals surface area contributed by atoms with Crippen molar-refractivity contribution in [3.05, 3.63) is 29.6 Å². The summed E-state index contributed by atoms with van der Waals surface area (Å²) < 4.78 is 19.3. The molecule has 0 aromatic heterocycles. The molecular weight excluding hydrogens is 301 g/mol. The van der Waals surface area contributed by atoms with E-state index in [1.165, 1.54) is 24.1 Å². The van der Waals surface area contributed by atoms with E-state index in [2.05, 4.69) is 0 Å². The van der Waals surface area contributed by atoms with Gasteiger partial charge < -0.3 is 14.7 Å². The van der Waals surface area contributed by atoms with Crippen LogP contribution in [0.3, 0.4) is 0 Å². The number of rotatable bonds is 3. The lowest BCUT2D eigenvalue weighted by Crippen LogP contribution is -2.46. The Balaban J connectivity index is 1.97. The minimum Gasteiger partial charge on any atom is -0.494 e. The summed E-state index contributed by atoms with van der Waals surface area (Å²) in [5.74, 6) is -2.12. The molecule has 1 aromatic rings. The summed E-state index contributed by atoms with van der Waals surface area (Å²) in [6, 6.07) is 3.38. The summed E-state index contributed by atoms with van der Waals surface area (Å²) in [7, 11) is 1.33. The highest BCUT2D eigenvalue weighted by molar-refractivity contribution is 5.98. The van der Waals surface area contributed by atoms with Crippen LogP contribution in [0, 0.1) is 11.7 Å². The number of carboxylic acids is 1. The molecule has 1 aliphatic heterocycles. The van der Waals surface area contributed by atoms with E-state index in [-0.39, 0.29) is 23.3 Å². The van der Waals surface area contributed by atoms with Crippen LogP contribution in [-0.2, 0) is 4.79 Å². The van der Waals surface area contributed by atoms with Gasteiger partial charge in [0.1, 0.15) is 6.04 Å². The first-order valence-corrected chi connectivity index (χ1v) is 7.92. The van der Waals surface area contributed by atoms with E-state index in [9.17, 15) is 19.1 Å². The van der Waals surface area contributed by atoms with Gasteiger partial charge in [0.25, 0.3) is 5.91 Å². The maximum absolute atomic E-state index is 14.4. The van der Waals surface area contributed by atoms with Crippen molar-refractivity contribution in [2.45, 2.75) is 44.2 Å². The minimum atomic E-state index is -1.02. The van der Waals surface area contributed by atoms with Crippen molar-refractivity contribution in [1.29, 1.82) is 0 Å². The van der Waals surface area contributed by atoms with Crippen molar-refractivity contribution in [2.24, 2.45) is 5.92 Å². The van der Waals surface area contributed by atoms with Crippen LogP contribution in [0.25, 0.3) is 0 Å². The second-order valence-electron chi connectivity index (χ2n) is 6.24. The number of ether oxygens (including phenoxy) is 1. The third-order valence-electron chi connectivity index (χ3n) is 5.02. The summed E-state index contributed by atoms with van der Waals surface area (Å²) in [5.41, 5.74) is -0.123. The van der Waals surface area contributed by atoms with Crippen molar-refractivity contribution < 1.29 is 23.8 Å². The van der Waals surface area contributed by atoms with E-state index in [0.717, 1.165) is 25.7 Å². The highest BCUT2D eigenvalue weighted by Gasteiger charge is 2.48. The fourth-order valence-corrected chi connectivity index (χ4v) is 3.95. The van der Waals surface area contributed by atoms with E-state index in [0.29, 0.717) is 6.42 Å².